The number of pyridine rings is 1. The van der Waals surface area contributed by atoms with Gasteiger partial charge in [-0.1, -0.05) is 6.92 Å². The predicted molar refractivity (Wildman–Crippen MR) is 71.4 cm³/mol. The molecule has 1 unspecified atom stereocenters. The lowest BCUT2D eigenvalue weighted by Crippen LogP contribution is -2.50. The van der Waals surface area contributed by atoms with E-state index in [4.69, 9.17) is 15.6 Å². The number of nitrogens with zero attached hydrogens (tertiary/aromatic N) is 2. The Morgan fingerprint density at radius 2 is 2.47 bits per heavy atom. The van der Waals surface area contributed by atoms with Crippen LogP contribution in [0.5, 0.6) is 5.75 Å². The number of nitrogens with two attached hydrogens (primary N) is 1. The van der Waals surface area contributed by atoms with Crippen molar-refractivity contribution in [2.24, 2.45) is 5.73 Å². The standard InChI is InChI=1S/C13H19N3O3/c1-2-8-19-10-4-3-6-15-11(10)16-7-5-13(14,9-16)12(17)18/h3-4,6H,2,5,7-9,14H2,1H3,(H,17,18). The van der Waals surface area contributed by atoms with Crippen molar-refractivity contribution in [3.05, 3.63) is 18.3 Å². The summed E-state index contributed by atoms with van der Waals surface area (Å²) < 4.78 is 5.63. The van der Waals surface area contributed by atoms with Crippen LogP contribution in [0.1, 0.15) is 19.8 Å². The van der Waals surface area contributed by atoms with Crippen LogP contribution in [-0.4, -0.2) is 41.3 Å². The Hall–Kier alpha value is -1.82. The SMILES string of the molecule is CCCOc1cccnc1N1CCC(N)(C(=O)O)C1. The van der Waals surface area contributed by atoms with Gasteiger partial charge in [-0.2, -0.15) is 0 Å². The first-order chi connectivity index (χ1) is 9.07. The molecular weight excluding hydrogens is 246 g/mol. The molecule has 1 aliphatic rings. The van der Waals surface area contributed by atoms with Gasteiger partial charge >= 0.3 is 5.97 Å². The van der Waals surface area contributed by atoms with Gasteiger partial charge < -0.3 is 20.5 Å². The smallest absolute Gasteiger partial charge is 0.325 e. The van der Waals surface area contributed by atoms with Gasteiger partial charge in [0.1, 0.15) is 5.54 Å². The number of aliphatic carboxylic acids is 1. The number of hydrogen-bond donors (Lipinski definition) is 2. The topological polar surface area (TPSA) is 88.7 Å². The summed E-state index contributed by atoms with van der Waals surface area (Å²) in [4.78, 5) is 17.3. The highest BCUT2D eigenvalue weighted by atomic mass is 16.5. The summed E-state index contributed by atoms with van der Waals surface area (Å²) in [5.41, 5.74) is 4.68. The number of rotatable bonds is 5. The molecule has 104 valence electrons. The van der Waals surface area contributed by atoms with Crippen LogP contribution in [0.4, 0.5) is 5.82 Å². The third-order valence-electron chi connectivity index (χ3n) is 3.24. The maximum absolute atomic E-state index is 11.2. The van der Waals surface area contributed by atoms with Crippen molar-refractivity contribution in [1.82, 2.24) is 4.98 Å². The van der Waals surface area contributed by atoms with Gasteiger partial charge in [-0.3, -0.25) is 4.79 Å². The molecule has 2 heterocycles. The lowest BCUT2D eigenvalue weighted by atomic mass is 10.0. The molecule has 1 aromatic rings. The second-order valence-corrected chi connectivity index (χ2v) is 4.81. The number of carboxylic acids is 1. The molecule has 2 rings (SSSR count). The Labute approximate surface area is 112 Å². The normalized spacial score (nSPS) is 22.5. The molecule has 0 aromatic carbocycles. The van der Waals surface area contributed by atoms with Crippen LogP contribution in [0.25, 0.3) is 0 Å². The first kappa shape index (κ1) is 13.6. The van der Waals surface area contributed by atoms with E-state index < -0.39 is 11.5 Å². The number of carbonyl (C=O) groups is 1. The molecule has 19 heavy (non-hydrogen) atoms. The average Bonchev–Trinajstić information content (AvgIpc) is 2.81. The van der Waals surface area contributed by atoms with Gasteiger partial charge in [0.05, 0.1) is 6.61 Å². The summed E-state index contributed by atoms with van der Waals surface area (Å²) in [5.74, 6) is 0.380. The first-order valence-electron chi connectivity index (χ1n) is 6.42. The molecule has 3 N–H and O–H groups in total. The van der Waals surface area contributed by atoms with Crippen molar-refractivity contribution < 1.29 is 14.6 Å². The van der Waals surface area contributed by atoms with Crippen molar-refractivity contribution in [3.63, 3.8) is 0 Å². The van der Waals surface area contributed by atoms with E-state index in [9.17, 15) is 4.79 Å². The molecule has 1 atom stereocenters. The molecule has 0 amide bonds. The van der Waals surface area contributed by atoms with E-state index in [0.717, 1.165) is 6.42 Å². The lowest BCUT2D eigenvalue weighted by Gasteiger charge is -2.22. The second-order valence-electron chi connectivity index (χ2n) is 4.81. The second kappa shape index (κ2) is 5.44. The van der Waals surface area contributed by atoms with Gasteiger partial charge in [0, 0.05) is 19.3 Å². The summed E-state index contributed by atoms with van der Waals surface area (Å²) >= 11 is 0. The molecule has 6 heteroatoms. The Kier molecular flexibility index (Phi) is 3.90. The first-order valence-corrected chi connectivity index (χ1v) is 6.42. The predicted octanol–water partition coefficient (Wildman–Crippen LogP) is 0.863. The molecule has 1 aromatic heterocycles. The van der Waals surface area contributed by atoms with Crippen LogP contribution in [0, 0.1) is 0 Å². The lowest BCUT2D eigenvalue weighted by molar-refractivity contribution is -0.142. The van der Waals surface area contributed by atoms with E-state index in [1.54, 1.807) is 12.3 Å². The number of anilines is 1. The summed E-state index contributed by atoms with van der Waals surface area (Å²) in [5, 5.41) is 9.14. The van der Waals surface area contributed by atoms with E-state index in [1.807, 2.05) is 17.9 Å². The Morgan fingerprint density at radius 1 is 1.68 bits per heavy atom. The fourth-order valence-corrected chi connectivity index (χ4v) is 2.13. The zero-order valence-corrected chi connectivity index (χ0v) is 11.0. The maximum atomic E-state index is 11.2. The molecule has 1 saturated heterocycles. The van der Waals surface area contributed by atoms with Crippen LogP contribution in [0.3, 0.4) is 0 Å². The molecule has 0 radical (unpaired) electrons. The fourth-order valence-electron chi connectivity index (χ4n) is 2.13. The fraction of sp³-hybridized carbons (Fsp3) is 0.538. The summed E-state index contributed by atoms with van der Waals surface area (Å²) in [6.45, 7) is 3.46. The third kappa shape index (κ3) is 2.78. The molecule has 1 aliphatic heterocycles. The molecule has 1 fully saturated rings. The summed E-state index contributed by atoms with van der Waals surface area (Å²) in [6, 6.07) is 3.65. The van der Waals surface area contributed by atoms with Gasteiger partial charge in [0.2, 0.25) is 0 Å². The van der Waals surface area contributed by atoms with Crippen molar-refractivity contribution in [2.45, 2.75) is 25.3 Å². The molecular formula is C13H19N3O3. The molecule has 0 bridgehead atoms. The van der Waals surface area contributed by atoms with Crippen LogP contribution < -0.4 is 15.4 Å². The molecule has 0 aliphatic carbocycles. The molecule has 6 nitrogen and oxygen atoms in total. The minimum atomic E-state index is -1.19. The van der Waals surface area contributed by atoms with Crippen LogP contribution in [0.2, 0.25) is 0 Å². The Morgan fingerprint density at radius 3 is 3.11 bits per heavy atom. The number of ether oxygens (including phenoxy) is 1. The van der Waals surface area contributed by atoms with E-state index >= 15 is 0 Å². The van der Waals surface area contributed by atoms with E-state index in [-0.39, 0.29) is 6.54 Å². The highest BCUT2D eigenvalue weighted by molar-refractivity contribution is 5.80. The van der Waals surface area contributed by atoms with Gasteiger partial charge in [0.25, 0.3) is 0 Å². The maximum Gasteiger partial charge on any atom is 0.325 e. The summed E-state index contributed by atoms with van der Waals surface area (Å²) in [6.07, 6.45) is 2.99. The van der Waals surface area contributed by atoms with E-state index in [2.05, 4.69) is 4.98 Å². The van der Waals surface area contributed by atoms with Gasteiger partial charge in [-0.25, -0.2) is 4.98 Å². The quantitative estimate of drug-likeness (QED) is 0.821. The molecule has 0 spiro atoms. The number of hydrogen-bond acceptors (Lipinski definition) is 5. The zero-order chi connectivity index (χ0) is 13.9. The number of carboxylic acid groups (broad SMARTS) is 1. The summed E-state index contributed by atoms with van der Waals surface area (Å²) in [7, 11) is 0. The van der Waals surface area contributed by atoms with Gasteiger partial charge in [-0.05, 0) is 25.0 Å². The van der Waals surface area contributed by atoms with Gasteiger partial charge in [0.15, 0.2) is 11.6 Å². The van der Waals surface area contributed by atoms with Crippen molar-refractivity contribution in [3.8, 4) is 5.75 Å². The minimum Gasteiger partial charge on any atom is -0.490 e. The third-order valence-corrected chi connectivity index (χ3v) is 3.24. The monoisotopic (exact) mass is 265 g/mol. The average molecular weight is 265 g/mol. The molecule has 0 saturated carbocycles. The largest absolute Gasteiger partial charge is 0.490 e. The van der Waals surface area contributed by atoms with Crippen LogP contribution in [-0.2, 0) is 4.79 Å². The highest BCUT2D eigenvalue weighted by Gasteiger charge is 2.42. The van der Waals surface area contributed by atoms with Crippen LogP contribution in [0.15, 0.2) is 18.3 Å². The van der Waals surface area contributed by atoms with Crippen molar-refractivity contribution in [2.75, 3.05) is 24.6 Å². The van der Waals surface area contributed by atoms with Crippen molar-refractivity contribution in [1.29, 1.82) is 0 Å². The Balaban J connectivity index is 2.17. The number of aromatic nitrogens is 1. The van der Waals surface area contributed by atoms with Gasteiger partial charge in [-0.15, -0.1) is 0 Å². The van der Waals surface area contributed by atoms with Crippen LogP contribution >= 0.6 is 0 Å². The van der Waals surface area contributed by atoms with Crippen molar-refractivity contribution >= 4 is 11.8 Å². The van der Waals surface area contributed by atoms with E-state index in [0.29, 0.717) is 31.1 Å². The highest BCUT2D eigenvalue weighted by Crippen LogP contribution is 2.31. The zero-order valence-electron chi connectivity index (χ0n) is 11.0. The van der Waals surface area contributed by atoms with E-state index in [1.165, 1.54) is 0 Å². The Bertz CT molecular complexity index is 466. The minimum absolute atomic E-state index is 0.252.